The fourth-order valence-electron chi connectivity index (χ4n) is 4.13. The van der Waals surface area contributed by atoms with Gasteiger partial charge in [-0.1, -0.05) is 13.0 Å². The molecule has 2 aliphatic rings. The Bertz CT molecular complexity index is 910. The molecule has 0 atom stereocenters. The number of nitrogens with zero attached hydrogens (tertiary/aromatic N) is 5. The van der Waals surface area contributed by atoms with Crippen molar-refractivity contribution in [3.8, 4) is 5.75 Å². The van der Waals surface area contributed by atoms with Gasteiger partial charge in [0.2, 0.25) is 0 Å². The Morgan fingerprint density at radius 1 is 1.17 bits per heavy atom. The molecule has 2 amide bonds. The van der Waals surface area contributed by atoms with E-state index in [1.807, 2.05) is 36.1 Å². The maximum atomic E-state index is 12.9. The highest BCUT2D eigenvalue weighted by atomic mass is 16.5. The summed E-state index contributed by atoms with van der Waals surface area (Å²) in [6.45, 7) is 10.4. The van der Waals surface area contributed by atoms with Crippen molar-refractivity contribution in [2.45, 2.75) is 26.8 Å². The van der Waals surface area contributed by atoms with Crippen molar-refractivity contribution in [1.29, 1.82) is 0 Å². The maximum absolute atomic E-state index is 12.9. The average molecular weight is 411 g/mol. The molecule has 2 aliphatic heterocycles. The highest BCUT2D eigenvalue weighted by Crippen LogP contribution is 2.28. The molecule has 1 aromatic carbocycles. The molecule has 0 saturated carbocycles. The minimum absolute atomic E-state index is 0.115. The van der Waals surface area contributed by atoms with Crippen LogP contribution in [0.15, 0.2) is 24.3 Å². The summed E-state index contributed by atoms with van der Waals surface area (Å²) in [7, 11) is 1.62. The zero-order valence-electron chi connectivity index (χ0n) is 18.0. The van der Waals surface area contributed by atoms with Gasteiger partial charge >= 0.3 is 6.03 Å². The van der Waals surface area contributed by atoms with Crippen LogP contribution in [0.3, 0.4) is 0 Å². The summed E-state index contributed by atoms with van der Waals surface area (Å²) in [6, 6.07) is 7.29. The van der Waals surface area contributed by atoms with Gasteiger partial charge < -0.3 is 24.8 Å². The van der Waals surface area contributed by atoms with Gasteiger partial charge in [0.25, 0.3) is 0 Å². The van der Waals surface area contributed by atoms with Crippen molar-refractivity contribution in [2.24, 2.45) is 0 Å². The summed E-state index contributed by atoms with van der Waals surface area (Å²) in [5.74, 6) is 2.51. The number of benzene rings is 1. The Hall–Kier alpha value is -2.87. The van der Waals surface area contributed by atoms with Gasteiger partial charge in [0.1, 0.15) is 17.4 Å². The van der Waals surface area contributed by atoms with Gasteiger partial charge in [-0.2, -0.15) is 0 Å². The molecule has 8 heteroatoms. The summed E-state index contributed by atoms with van der Waals surface area (Å²) in [5.41, 5.74) is 2.87. The van der Waals surface area contributed by atoms with E-state index in [0.717, 1.165) is 67.7 Å². The largest absolute Gasteiger partial charge is 0.497 e. The zero-order chi connectivity index (χ0) is 21.1. The number of nitrogens with one attached hydrogen (secondary N) is 1. The number of urea groups is 1. The highest BCUT2D eigenvalue weighted by molar-refractivity contribution is 5.89. The first-order valence-corrected chi connectivity index (χ1v) is 10.6. The maximum Gasteiger partial charge on any atom is 0.322 e. The van der Waals surface area contributed by atoms with Crippen molar-refractivity contribution < 1.29 is 9.53 Å². The van der Waals surface area contributed by atoms with E-state index >= 15 is 0 Å². The smallest absolute Gasteiger partial charge is 0.322 e. The first-order valence-electron chi connectivity index (χ1n) is 10.6. The molecule has 160 valence electrons. The minimum atomic E-state index is -0.115. The lowest BCUT2D eigenvalue weighted by Gasteiger charge is -2.37. The second-order valence-electron chi connectivity index (χ2n) is 7.77. The number of piperazine rings is 1. The van der Waals surface area contributed by atoms with Gasteiger partial charge in [-0.25, -0.2) is 14.8 Å². The third kappa shape index (κ3) is 4.33. The number of likely N-dealkylation sites (N-methyl/N-ethyl adjacent to an activating group) is 1. The molecule has 1 fully saturated rings. The monoisotopic (exact) mass is 410 g/mol. The van der Waals surface area contributed by atoms with Gasteiger partial charge in [0.05, 0.1) is 19.3 Å². The fraction of sp³-hybridized carbons (Fsp3) is 0.500. The molecule has 0 bridgehead atoms. The second kappa shape index (κ2) is 8.87. The van der Waals surface area contributed by atoms with Gasteiger partial charge in [-0.3, -0.25) is 0 Å². The van der Waals surface area contributed by atoms with Crippen molar-refractivity contribution in [2.75, 3.05) is 56.6 Å². The number of hydrogen-bond acceptors (Lipinski definition) is 6. The number of methoxy groups -OCH3 is 1. The van der Waals surface area contributed by atoms with E-state index in [2.05, 4.69) is 27.0 Å². The van der Waals surface area contributed by atoms with Crippen LogP contribution in [0.5, 0.6) is 5.75 Å². The predicted octanol–water partition coefficient (Wildman–Crippen LogP) is 2.53. The number of hydrogen-bond donors (Lipinski definition) is 1. The van der Waals surface area contributed by atoms with Gasteiger partial charge in [-0.05, 0) is 25.6 Å². The molecule has 1 N–H and O–H groups in total. The SMILES string of the molecule is CCN1CCN(c2nc(C)nc3c2CN(C(=O)Nc2cccc(OC)c2)CC3)CC1. The number of carbonyl (C=O) groups is 1. The van der Waals surface area contributed by atoms with E-state index in [9.17, 15) is 4.79 Å². The van der Waals surface area contributed by atoms with E-state index in [4.69, 9.17) is 9.72 Å². The first-order chi connectivity index (χ1) is 14.6. The van der Waals surface area contributed by atoms with E-state index in [1.54, 1.807) is 7.11 Å². The lowest BCUT2D eigenvalue weighted by Crippen LogP contribution is -2.47. The average Bonchev–Trinajstić information content (AvgIpc) is 2.78. The van der Waals surface area contributed by atoms with Crippen LogP contribution in [-0.2, 0) is 13.0 Å². The molecule has 0 radical (unpaired) electrons. The van der Waals surface area contributed by atoms with Crippen molar-refractivity contribution in [1.82, 2.24) is 19.8 Å². The molecule has 3 heterocycles. The van der Waals surface area contributed by atoms with E-state index in [1.165, 1.54) is 0 Å². The molecule has 2 aromatic rings. The number of aryl methyl sites for hydroxylation is 1. The van der Waals surface area contributed by atoms with Crippen LogP contribution in [0, 0.1) is 6.92 Å². The number of carbonyl (C=O) groups excluding carboxylic acids is 1. The van der Waals surface area contributed by atoms with Gasteiger partial charge in [-0.15, -0.1) is 0 Å². The van der Waals surface area contributed by atoms with E-state index in [0.29, 0.717) is 18.8 Å². The summed E-state index contributed by atoms with van der Waals surface area (Å²) in [5, 5.41) is 2.99. The number of ether oxygens (including phenoxy) is 1. The Morgan fingerprint density at radius 3 is 2.70 bits per heavy atom. The molecule has 1 aromatic heterocycles. The predicted molar refractivity (Wildman–Crippen MR) is 117 cm³/mol. The van der Waals surface area contributed by atoms with Crippen molar-refractivity contribution in [3.05, 3.63) is 41.3 Å². The highest BCUT2D eigenvalue weighted by Gasteiger charge is 2.28. The van der Waals surface area contributed by atoms with Crippen LogP contribution in [0.25, 0.3) is 0 Å². The van der Waals surface area contributed by atoms with Crippen LogP contribution in [0.4, 0.5) is 16.3 Å². The third-order valence-electron chi connectivity index (χ3n) is 5.88. The Labute approximate surface area is 177 Å². The van der Waals surface area contributed by atoms with Crippen molar-refractivity contribution in [3.63, 3.8) is 0 Å². The summed E-state index contributed by atoms with van der Waals surface area (Å²) in [4.78, 5) is 29.0. The molecular weight excluding hydrogens is 380 g/mol. The minimum Gasteiger partial charge on any atom is -0.497 e. The van der Waals surface area contributed by atoms with E-state index < -0.39 is 0 Å². The quantitative estimate of drug-likeness (QED) is 0.835. The molecule has 0 aliphatic carbocycles. The van der Waals surface area contributed by atoms with E-state index in [-0.39, 0.29) is 6.03 Å². The molecule has 8 nitrogen and oxygen atoms in total. The number of rotatable bonds is 4. The number of anilines is 2. The zero-order valence-corrected chi connectivity index (χ0v) is 18.0. The van der Waals surface area contributed by atoms with Crippen LogP contribution in [0.1, 0.15) is 24.0 Å². The lowest BCUT2D eigenvalue weighted by molar-refractivity contribution is 0.205. The summed E-state index contributed by atoms with van der Waals surface area (Å²) < 4.78 is 5.25. The molecule has 0 spiro atoms. The Balaban J connectivity index is 1.51. The molecule has 30 heavy (non-hydrogen) atoms. The number of aromatic nitrogens is 2. The third-order valence-corrected chi connectivity index (χ3v) is 5.88. The van der Waals surface area contributed by atoms with Crippen LogP contribution in [-0.4, -0.2) is 72.2 Å². The standard InChI is InChI=1S/C22H30N6O2/c1-4-26-10-12-27(13-11-26)21-19-15-28(9-8-20(19)23-16(2)24-21)22(29)25-17-6-5-7-18(14-17)30-3/h5-7,14H,4,8-13,15H2,1-3H3,(H,25,29). The van der Waals surface area contributed by atoms with Gasteiger partial charge in [0, 0.05) is 56.5 Å². The topological polar surface area (TPSA) is 73.8 Å². The lowest BCUT2D eigenvalue weighted by atomic mass is 10.1. The summed E-state index contributed by atoms with van der Waals surface area (Å²) in [6.07, 6.45) is 0.742. The van der Waals surface area contributed by atoms with Crippen LogP contribution < -0.4 is 15.0 Å². The Kier molecular flexibility index (Phi) is 6.03. The van der Waals surface area contributed by atoms with Crippen LogP contribution in [0.2, 0.25) is 0 Å². The summed E-state index contributed by atoms with van der Waals surface area (Å²) >= 11 is 0. The normalized spacial score (nSPS) is 16.9. The molecule has 4 rings (SSSR count). The Morgan fingerprint density at radius 2 is 1.97 bits per heavy atom. The fourth-order valence-corrected chi connectivity index (χ4v) is 4.13. The number of amides is 2. The second-order valence-corrected chi connectivity index (χ2v) is 7.77. The molecule has 1 saturated heterocycles. The molecular formula is C22H30N6O2. The first kappa shape index (κ1) is 20.4. The van der Waals surface area contributed by atoms with Crippen LogP contribution >= 0.6 is 0 Å². The number of fused-ring (bicyclic) bond motifs is 1. The van der Waals surface area contributed by atoms with Gasteiger partial charge in [0.15, 0.2) is 0 Å². The van der Waals surface area contributed by atoms with Crippen molar-refractivity contribution >= 4 is 17.5 Å². The molecule has 0 unspecified atom stereocenters.